The summed E-state index contributed by atoms with van der Waals surface area (Å²) in [7, 11) is 0. The molecule has 0 amide bonds. The molecule has 0 atom stereocenters. The number of non-ortho nitro benzene ring substituents is 1. The number of nitro groups is 1. The van der Waals surface area contributed by atoms with E-state index in [0.29, 0.717) is 10.9 Å². The van der Waals surface area contributed by atoms with Crippen LogP contribution in [-0.4, -0.2) is 16.0 Å². The maximum Gasteiger partial charge on any atom is 0.269 e. The molecule has 0 N–H and O–H groups in total. The molecule has 0 unspecified atom stereocenters. The van der Waals surface area contributed by atoms with Gasteiger partial charge in [0, 0.05) is 17.7 Å². The maximum absolute atomic E-state index is 11.5. The van der Waals surface area contributed by atoms with Crippen molar-refractivity contribution in [2.45, 2.75) is 0 Å². The van der Waals surface area contributed by atoms with E-state index in [2.05, 4.69) is 15.9 Å². The van der Waals surface area contributed by atoms with E-state index in [1.807, 2.05) is 12.1 Å². The van der Waals surface area contributed by atoms with Crippen LogP contribution in [0.25, 0.3) is 11.1 Å². The van der Waals surface area contributed by atoms with Gasteiger partial charge >= 0.3 is 0 Å². The van der Waals surface area contributed by atoms with Crippen molar-refractivity contribution in [3.8, 4) is 11.1 Å². The molecule has 0 bridgehead atoms. The first-order chi connectivity index (χ1) is 9.11. The van der Waals surface area contributed by atoms with E-state index >= 15 is 0 Å². The molecule has 0 radical (unpaired) electrons. The molecule has 0 saturated carbocycles. The Labute approximate surface area is 118 Å². The van der Waals surface area contributed by atoms with Crippen molar-refractivity contribution < 1.29 is 9.72 Å². The van der Waals surface area contributed by atoms with Crippen LogP contribution in [0.4, 0.5) is 5.69 Å². The molecule has 4 nitrogen and oxygen atoms in total. The summed E-state index contributed by atoms with van der Waals surface area (Å²) in [6.45, 7) is 0. The van der Waals surface area contributed by atoms with E-state index in [9.17, 15) is 14.9 Å². The molecule has 2 aromatic carbocycles. The lowest BCUT2D eigenvalue weighted by atomic mass is 10.0. The second-order valence-electron chi connectivity index (χ2n) is 3.94. The molecule has 0 fully saturated rings. The minimum atomic E-state index is -0.429. The van der Waals surface area contributed by atoms with Crippen molar-refractivity contribution >= 4 is 27.4 Å². The normalized spacial score (nSPS) is 10.2. The number of carbonyl (C=O) groups excluding carboxylic acids is 1. The van der Waals surface area contributed by atoms with Gasteiger partial charge < -0.3 is 0 Å². The zero-order valence-corrected chi connectivity index (χ0v) is 11.5. The molecule has 0 aliphatic heterocycles. The zero-order chi connectivity index (χ0) is 13.8. The number of benzene rings is 2. The Morgan fingerprint density at radius 2 is 1.47 bits per heavy atom. The number of ketones is 1. The number of carbonyl (C=O) groups is 1. The summed E-state index contributed by atoms with van der Waals surface area (Å²) >= 11 is 3.12. The quantitative estimate of drug-likeness (QED) is 0.372. The standard InChI is InChI=1S/C14H10BrNO3/c15-9-14(17)12-3-1-10(2-4-12)11-5-7-13(8-6-11)16(18)19/h1-8H,9H2. The van der Waals surface area contributed by atoms with Crippen LogP contribution in [0.3, 0.4) is 0 Å². The summed E-state index contributed by atoms with van der Waals surface area (Å²) in [6.07, 6.45) is 0. The average Bonchev–Trinajstić information content (AvgIpc) is 2.46. The molecule has 2 rings (SSSR count). The first kappa shape index (κ1) is 13.4. The van der Waals surface area contributed by atoms with E-state index in [4.69, 9.17) is 0 Å². The summed E-state index contributed by atoms with van der Waals surface area (Å²) in [5.74, 6) is 0.0234. The molecule has 5 heteroatoms. The Kier molecular flexibility index (Phi) is 4.06. The Morgan fingerprint density at radius 3 is 1.89 bits per heavy atom. The fourth-order valence-electron chi connectivity index (χ4n) is 1.70. The van der Waals surface area contributed by atoms with Crippen molar-refractivity contribution in [2.24, 2.45) is 0 Å². The number of hydrogen-bond acceptors (Lipinski definition) is 3. The smallest absolute Gasteiger partial charge is 0.269 e. The van der Waals surface area contributed by atoms with Gasteiger partial charge in [-0.3, -0.25) is 14.9 Å². The highest BCUT2D eigenvalue weighted by Crippen LogP contribution is 2.22. The van der Waals surface area contributed by atoms with Gasteiger partial charge in [0.15, 0.2) is 5.78 Å². The topological polar surface area (TPSA) is 60.2 Å². The second kappa shape index (κ2) is 5.75. The summed E-state index contributed by atoms with van der Waals surface area (Å²) in [5, 5.41) is 10.9. The first-order valence-corrected chi connectivity index (χ1v) is 6.68. The van der Waals surface area contributed by atoms with Crippen LogP contribution in [0.5, 0.6) is 0 Å². The van der Waals surface area contributed by atoms with Gasteiger partial charge in [0.1, 0.15) is 0 Å². The predicted molar refractivity (Wildman–Crippen MR) is 76.7 cm³/mol. The Balaban J connectivity index is 2.27. The van der Waals surface area contributed by atoms with Crippen molar-refractivity contribution in [1.82, 2.24) is 0 Å². The molecule has 0 aliphatic rings. The molecule has 0 spiro atoms. The van der Waals surface area contributed by atoms with Gasteiger partial charge in [-0.05, 0) is 23.3 Å². The summed E-state index contributed by atoms with van der Waals surface area (Å²) in [5.41, 5.74) is 2.50. The lowest BCUT2D eigenvalue weighted by molar-refractivity contribution is -0.384. The molecule has 0 saturated heterocycles. The molecule has 96 valence electrons. The number of rotatable bonds is 4. The summed E-state index contributed by atoms with van der Waals surface area (Å²) in [6, 6.07) is 13.5. The van der Waals surface area contributed by atoms with Gasteiger partial charge in [-0.1, -0.05) is 40.2 Å². The van der Waals surface area contributed by atoms with E-state index in [-0.39, 0.29) is 11.5 Å². The van der Waals surface area contributed by atoms with Crippen LogP contribution in [0.15, 0.2) is 48.5 Å². The number of Topliss-reactive ketones (excluding diaryl/α,β-unsaturated/α-hetero) is 1. The van der Waals surface area contributed by atoms with Gasteiger partial charge in [-0.15, -0.1) is 0 Å². The highest BCUT2D eigenvalue weighted by atomic mass is 79.9. The van der Waals surface area contributed by atoms with Crippen LogP contribution in [-0.2, 0) is 0 Å². The van der Waals surface area contributed by atoms with Crippen LogP contribution in [0.2, 0.25) is 0 Å². The minimum absolute atomic E-state index is 0.0234. The third-order valence-electron chi connectivity index (χ3n) is 2.74. The molecule has 0 aliphatic carbocycles. The third-order valence-corrected chi connectivity index (χ3v) is 3.25. The average molecular weight is 320 g/mol. The number of nitro benzene ring substituents is 1. The van der Waals surface area contributed by atoms with E-state index in [1.54, 1.807) is 24.3 Å². The zero-order valence-electron chi connectivity index (χ0n) is 9.88. The van der Waals surface area contributed by atoms with Crippen LogP contribution in [0, 0.1) is 10.1 Å². The Bertz CT molecular complexity index is 606. The molecular weight excluding hydrogens is 310 g/mol. The van der Waals surface area contributed by atoms with Crippen molar-refractivity contribution in [3.63, 3.8) is 0 Å². The number of alkyl halides is 1. The van der Waals surface area contributed by atoms with Gasteiger partial charge in [0.05, 0.1) is 10.3 Å². The maximum atomic E-state index is 11.5. The van der Waals surface area contributed by atoms with E-state index in [1.165, 1.54) is 12.1 Å². The third kappa shape index (κ3) is 3.06. The highest BCUT2D eigenvalue weighted by molar-refractivity contribution is 9.09. The number of hydrogen-bond donors (Lipinski definition) is 0. The molecule has 0 heterocycles. The van der Waals surface area contributed by atoms with Gasteiger partial charge in [0.2, 0.25) is 0 Å². The molecule has 2 aromatic rings. The van der Waals surface area contributed by atoms with Gasteiger partial charge in [0.25, 0.3) is 5.69 Å². The molecule has 19 heavy (non-hydrogen) atoms. The fourth-order valence-corrected chi connectivity index (χ4v) is 2.03. The van der Waals surface area contributed by atoms with Crippen LogP contribution < -0.4 is 0 Å². The largest absolute Gasteiger partial charge is 0.293 e. The lowest BCUT2D eigenvalue weighted by Gasteiger charge is -2.03. The first-order valence-electron chi connectivity index (χ1n) is 5.56. The Hall–Kier alpha value is -2.01. The molecular formula is C14H10BrNO3. The number of halogens is 1. The van der Waals surface area contributed by atoms with Crippen LogP contribution in [0.1, 0.15) is 10.4 Å². The van der Waals surface area contributed by atoms with E-state index < -0.39 is 4.92 Å². The summed E-state index contributed by atoms with van der Waals surface area (Å²) < 4.78 is 0. The van der Waals surface area contributed by atoms with Crippen molar-refractivity contribution in [2.75, 3.05) is 5.33 Å². The molecule has 0 aromatic heterocycles. The Morgan fingerprint density at radius 1 is 1.00 bits per heavy atom. The second-order valence-corrected chi connectivity index (χ2v) is 4.50. The van der Waals surface area contributed by atoms with E-state index in [0.717, 1.165) is 11.1 Å². The van der Waals surface area contributed by atoms with Crippen molar-refractivity contribution in [1.29, 1.82) is 0 Å². The SMILES string of the molecule is O=C(CBr)c1ccc(-c2ccc([N+](=O)[O-])cc2)cc1. The lowest BCUT2D eigenvalue weighted by Crippen LogP contribution is -1.98. The fraction of sp³-hybridized carbons (Fsp3) is 0.0714. The highest BCUT2D eigenvalue weighted by Gasteiger charge is 2.06. The van der Waals surface area contributed by atoms with Gasteiger partial charge in [-0.2, -0.15) is 0 Å². The number of nitrogens with zero attached hydrogens (tertiary/aromatic N) is 1. The van der Waals surface area contributed by atoms with Crippen molar-refractivity contribution in [3.05, 3.63) is 64.2 Å². The van der Waals surface area contributed by atoms with Gasteiger partial charge in [-0.25, -0.2) is 0 Å². The van der Waals surface area contributed by atoms with Crippen LogP contribution >= 0.6 is 15.9 Å². The predicted octanol–water partition coefficient (Wildman–Crippen LogP) is 3.84. The monoisotopic (exact) mass is 319 g/mol. The minimum Gasteiger partial charge on any atom is -0.293 e. The summed E-state index contributed by atoms with van der Waals surface area (Å²) in [4.78, 5) is 21.6.